The van der Waals surface area contributed by atoms with Gasteiger partial charge in [-0.25, -0.2) is 0 Å². The molecule has 1 heterocycles. The van der Waals surface area contributed by atoms with Crippen LogP contribution >= 0.6 is 11.6 Å². The number of nitrogens with one attached hydrogen (secondary N) is 1. The number of rotatable bonds is 7. The van der Waals surface area contributed by atoms with Crippen molar-refractivity contribution in [3.8, 4) is 5.75 Å². The van der Waals surface area contributed by atoms with Gasteiger partial charge in [0.1, 0.15) is 17.9 Å². The van der Waals surface area contributed by atoms with Gasteiger partial charge in [-0.15, -0.1) is 0 Å². The lowest BCUT2D eigenvalue weighted by atomic mass is 10.2. The lowest BCUT2D eigenvalue weighted by Crippen LogP contribution is -2.20. The molecule has 0 bridgehead atoms. The smallest absolute Gasteiger partial charge is 0.146 e. The first-order valence-electron chi connectivity index (χ1n) is 6.75. The van der Waals surface area contributed by atoms with Gasteiger partial charge in [-0.05, 0) is 42.8 Å². The van der Waals surface area contributed by atoms with Crippen LogP contribution in [0.4, 0.5) is 0 Å². The Morgan fingerprint density at radius 1 is 1.40 bits per heavy atom. The summed E-state index contributed by atoms with van der Waals surface area (Å²) in [5, 5.41) is 4.89. The van der Waals surface area contributed by atoms with Crippen LogP contribution in [0.15, 0.2) is 42.6 Å². The van der Waals surface area contributed by atoms with Crippen LogP contribution in [0.5, 0.6) is 5.75 Å². The summed E-state index contributed by atoms with van der Waals surface area (Å²) in [6.07, 6.45) is 2.85. The zero-order valence-corrected chi connectivity index (χ0v) is 12.4. The molecule has 0 fully saturated rings. The molecular formula is C16H19ClN2O. The maximum Gasteiger partial charge on any atom is 0.146 e. The number of hydrogen-bond acceptors (Lipinski definition) is 3. The van der Waals surface area contributed by atoms with Crippen LogP contribution in [0.2, 0.25) is 5.02 Å². The minimum atomic E-state index is 0.476. The van der Waals surface area contributed by atoms with Gasteiger partial charge in [0, 0.05) is 18.1 Å². The third kappa shape index (κ3) is 3.71. The van der Waals surface area contributed by atoms with Gasteiger partial charge in [0.25, 0.3) is 0 Å². The highest BCUT2D eigenvalue weighted by Crippen LogP contribution is 2.29. The SMILES string of the molecule is C=C(CNCCC)COc1ccc(Cl)c2cccnc12. The van der Waals surface area contributed by atoms with E-state index in [0.29, 0.717) is 11.6 Å². The second-order valence-electron chi connectivity index (χ2n) is 4.66. The number of halogens is 1. The molecule has 0 aliphatic heterocycles. The summed E-state index contributed by atoms with van der Waals surface area (Å²) >= 11 is 6.15. The molecule has 1 aromatic carbocycles. The summed E-state index contributed by atoms with van der Waals surface area (Å²) in [5.41, 5.74) is 1.80. The van der Waals surface area contributed by atoms with Crippen LogP contribution in [-0.2, 0) is 0 Å². The van der Waals surface area contributed by atoms with Gasteiger partial charge in [0.05, 0.1) is 5.02 Å². The van der Waals surface area contributed by atoms with Crippen molar-refractivity contribution in [1.82, 2.24) is 10.3 Å². The highest BCUT2D eigenvalue weighted by Gasteiger charge is 2.07. The number of hydrogen-bond donors (Lipinski definition) is 1. The van der Waals surface area contributed by atoms with Gasteiger partial charge in [0.2, 0.25) is 0 Å². The molecule has 0 radical (unpaired) electrons. The minimum Gasteiger partial charge on any atom is -0.487 e. The van der Waals surface area contributed by atoms with Gasteiger partial charge in [-0.3, -0.25) is 4.98 Å². The number of ether oxygens (including phenoxy) is 1. The summed E-state index contributed by atoms with van der Waals surface area (Å²) in [6.45, 7) is 8.38. The van der Waals surface area contributed by atoms with E-state index in [4.69, 9.17) is 16.3 Å². The summed E-state index contributed by atoms with van der Waals surface area (Å²) in [5.74, 6) is 0.738. The Balaban J connectivity index is 2.03. The molecule has 0 unspecified atom stereocenters. The van der Waals surface area contributed by atoms with E-state index >= 15 is 0 Å². The molecular weight excluding hydrogens is 272 g/mol. The molecule has 0 atom stereocenters. The molecule has 1 aromatic heterocycles. The van der Waals surface area contributed by atoms with Crippen LogP contribution in [0.25, 0.3) is 10.9 Å². The summed E-state index contributed by atoms with van der Waals surface area (Å²) < 4.78 is 5.81. The van der Waals surface area contributed by atoms with Crippen molar-refractivity contribution in [1.29, 1.82) is 0 Å². The Morgan fingerprint density at radius 2 is 2.25 bits per heavy atom. The zero-order chi connectivity index (χ0) is 14.4. The summed E-state index contributed by atoms with van der Waals surface area (Å²) in [6, 6.07) is 7.49. The summed E-state index contributed by atoms with van der Waals surface area (Å²) in [4.78, 5) is 4.34. The van der Waals surface area contributed by atoms with E-state index in [1.54, 1.807) is 6.20 Å². The fourth-order valence-corrected chi connectivity index (χ4v) is 2.12. The fourth-order valence-electron chi connectivity index (χ4n) is 1.90. The van der Waals surface area contributed by atoms with Crippen LogP contribution in [-0.4, -0.2) is 24.7 Å². The topological polar surface area (TPSA) is 34.1 Å². The monoisotopic (exact) mass is 290 g/mol. The molecule has 0 aliphatic carbocycles. The van der Waals surface area contributed by atoms with E-state index < -0.39 is 0 Å². The lowest BCUT2D eigenvalue weighted by molar-refractivity contribution is 0.352. The van der Waals surface area contributed by atoms with Crippen molar-refractivity contribution in [3.05, 3.63) is 47.6 Å². The Morgan fingerprint density at radius 3 is 3.05 bits per heavy atom. The second-order valence-corrected chi connectivity index (χ2v) is 5.07. The van der Waals surface area contributed by atoms with Crippen molar-refractivity contribution in [3.63, 3.8) is 0 Å². The molecule has 0 amide bonds. The van der Waals surface area contributed by atoms with Gasteiger partial charge in [-0.1, -0.05) is 25.1 Å². The molecule has 1 N–H and O–H groups in total. The molecule has 106 valence electrons. The first-order valence-corrected chi connectivity index (χ1v) is 7.13. The standard InChI is InChI=1S/C16H19ClN2O/c1-3-8-18-10-12(2)11-20-15-7-6-14(17)13-5-4-9-19-16(13)15/h4-7,9,18H,2-3,8,10-11H2,1H3. The number of fused-ring (bicyclic) bond motifs is 1. The predicted octanol–water partition coefficient (Wildman–Crippen LogP) is 3.82. The minimum absolute atomic E-state index is 0.476. The van der Waals surface area contributed by atoms with Gasteiger partial charge in [-0.2, -0.15) is 0 Å². The normalized spacial score (nSPS) is 10.7. The van der Waals surface area contributed by atoms with Crippen molar-refractivity contribution in [2.24, 2.45) is 0 Å². The van der Waals surface area contributed by atoms with Gasteiger partial charge in [0.15, 0.2) is 0 Å². The average molecular weight is 291 g/mol. The Hall–Kier alpha value is -1.58. The van der Waals surface area contributed by atoms with Crippen molar-refractivity contribution < 1.29 is 4.74 Å². The predicted molar refractivity (Wildman–Crippen MR) is 84.5 cm³/mol. The van der Waals surface area contributed by atoms with Crippen LogP contribution < -0.4 is 10.1 Å². The van der Waals surface area contributed by atoms with E-state index in [2.05, 4.69) is 23.8 Å². The number of aromatic nitrogens is 1. The molecule has 0 saturated carbocycles. The van der Waals surface area contributed by atoms with Gasteiger partial charge < -0.3 is 10.1 Å². The van der Waals surface area contributed by atoms with Crippen LogP contribution in [0, 0.1) is 0 Å². The molecule has 0 spiro atoms. The number of pyridine rings is 1. The third-order valence-corrected chi connectivity index (χ3v) is 3.24. The zero-order valence-electron chi connectivity index (χ0n) is 11.7. The maximum atomic E-state index is 6.15. The Bertz CT molecular complexity index is 598. The molecule has 0 aliphatic rings. The number of benzene rings is 1. The summed E-state index contributed by atoms with van der Waals surface area (Å²) in [7, 11) is 0. The van der Waals surface area contributed by atoms with E-state index in [-0.39, 0.29) is 0 Å². The highest BCUT2D eigenvalue weighted by atomic mass is 35.5. The molecule has 2 rings (SSSR count). The van der Waals surface area contributed by atoms with E-state index in [0.717, 1.165) is 41.7 Å². The Labute approximate surface area is 124 Å². The average Bonchev–Trinajstić information content (AvgIpc) is 2.47. The van der Waals surface area contributed by atoms with Crippen LogP contribution in [0.3, 0.4) is 0 Å². The van der Waals surface area contributed by atoms with Crippen molar-refractivity contribution in [2.45, 2.75) is 13.3 Å². The Kier molecular flexibility index (Phi) is 5.39. The first-order chi connectivity index (χ1) is 9.72. The molecule has 20 heavy (non-hydrogen) atoms. The highest BCUT2D eigenvalue weighted by molar-refractivity contribution is 6.35. The lowest BCUT2D eigenvalue weighted by Gasteiger charge is -2.11. The van der Waals surface area contributed by atoms with E-state index in [1.165, 1.54) is 0 Å². The number of nitrogens with zero attached hydrogens (tertiary/aromatic N) is 1. The molecule has 0 saturated heterocycles. The molecule has 2 aromatic rings. The molecule has 3 nitrogen and oxygen atoms in total. The van der Waals surface area contributed by atoms with Gasteiger partial charge >= 0.3 is 0 Å². The second kappa shape index (κ2) is 7.27. The van der Waals surface area contributed by atoms with E-state index in [9.17, 15) is 0 Å². The first kappa shape index (κ1) is 14.8. The quantitative estimate of drug-likeness (QED) is 0.622. The maximum absolute atomic E-state index is 6.15. The van der Waals surface area contributed by atoms with Crippen LogP contribution in [0.1, 0.15) is 13.3 Å². The largest absolute Gasteiger partial charge is 0.487 e. The fraction of sp³-hybridized carbons (Fsp3) is 0.312. The third-order valence-electron chi connectivity index (χ3n) is 2.91. The van der Waals surface area contributed by atoms with Crippen molar-refractivity contribution >= 4 is 22.5 Å². The molecule has 4 heteroatoms. The van der Waals surface area contributed by atoms with Crippen molar-refractivity contribution in [2.75, 3.05) is 19.7 Å². The van der Waals surface area contributed by atoms with E-state index in [1.807, 2.05) is 24.3 Å².